The van der Waals surface area contributed by atoms with E-state index in [-0.39, 0.29) is 5.41 Å². The fraction of sp³-hybridized carbons (Fsp3) is 0.294. The first-order valence-electron chi connectivity index (χ1n) is 6.80. The van der Waals surface area contributed by atoms with Crippen LogP contribution in [0.2, 0.25) is 0 Å². The maximum atomic E-state index is 5.75. The zero-order valence-corrected chi connectivity index (χ0v) is 11.6. The van der Waals surface area contributed by atoms with E-state index in [1.807, 2.05) is 12.1 Å². The number of methoxy groups -OCH3 is 1. The van der Waals surface area contributed by atoms with E-state index in [4.69, 9.17) is 15.2 Å². The molecule has 2 aromatic rings. The minimum Gasteiger partial charge on any atom is -0.497 e. The Morgan fingerprint density at radius 1 is 1.10 bits per heavy atom. The first-order valence-corrected chi connectivity index (χ1v) is 6.80. The highest BCUT2D eigenvalue weighted by Crippen LogP contribution is 2.39. The first kappa shape index (κ1) is 13.2. The second-order valence-corrected chi connectivity index (χ2v) is 5.21. The Morgan fingerprint density at radius 3 is 2.40 bits per heavy atom. The van der Waals surface area contributed by atoms with Crippen molar-refractivity contribution < 1.29 is 9.47 Å². The largest absolute Gasteiger partial charge is 0.497 e. The van der Waals surface area contributed by atoms with Crippen LogP contribution in [0.25, 0.3) is 0 Å². The van der Waals surface area contributed by atoms with Crippen LogP contribution in [-0.2, 0) is 16.7 Å². The molecule has 0 spiro atoms. The van der Waals surface area contributed by atoms with Crippen molar-refractivity contribution in [1.29, 1.82) is 0 Å². The van der Waals surface area contributed by atoms with Crippen molar-refractivity contribution in [1.82, 2.24) is 0 Å². The summed E-state index contributed by atoms with van der Waals surface area (Å²) in [5, 5.41) is 0. The molecule has 20 heavy (non-hydrogen) atoms. The quantitative estimate of drug-likeness (QED) is 0.927. The topological polar surface area (TPSA) is 44.5 Å². The SMILES string of the molecule is COc1ccc(C2(c3cccc(CN)c3)COC2)cc1. The predicted molar refractivity (Wildman–Crippen MR) is 78.9 cm³/mol. The summed E-state index contributed by atoms with van der Waals surface area (Å²) in [4.78, 5) is 0. The average molecular weight is 269 g/mol. The Labute approximate surface area is 119 Å². The van der Waals surface area contributed by atoms with E-state index in [0.717, 1.165) is 11.3 Å². The molecule has 2 N–H and O–H groups in total. The molecule has 0 amide bonds. The number of nitrogens with two attached hydrogens (primary N) is 1. The molecule has 0 atom stereocenters. The van der Waals surface area contributed by atoms with Crippen LogP contribution >= 0.6 is 0 Å². The molecule has 3 heteroatoms. The lowest BCUT2D eigenvalue weighted by atomic mass is 9.72. The van der Waals surface area contributed by atoms with Gasteiger partial charge >= 0.3 is 0 Å². The number of rotatable bonds is 4. The van der Waals surface area contributed by atoms with Gasteiger partial charge in [-0.3, -0.25) is 0 Å². The van der Waals surface area contributed by atoms with E-state index in [1.165, 1.54) is 11.1 Å². The average Bonchev–Trinajstić information content (AvgIpc) is 2.47. The lowest BCUT2D eigenvalue weighted by molar-refractivity contribution is -0.0380. The van der Waals surface area contributed by atoms with Gasteiger partial charge in [-0.25, -0.2) is 0 Å². The van der Waals surface area contributed by atoms with Crippen LogP contribution in [0.4, 0.5) is 0 Å². The maximum absolute atomic E-state index is 5.75. The molecule has 0 unspecified atom stereocenters. The summed E-state index contributed by atoms with van der Waals surface area (Å²) in [6.45, 7) is 1.99. The van der Waals surface area contributed by atoms with E-state index in [1.54, 1.807) is 7.11 Å². The summed E-state index contributed by atoms with van der Waals surface area (Å²) in [7, 11) is 1.68. The number of benzene rings is 2. The monoisotopic (exact) mass is 269 g/mol. The summed E-state index contributed by atoms with van der Waals surface area (Å²) >= 11 is 0. The fourth-order valence-electron chi connectivity index (χ4n) is 2.71. The van der Waals surface area contributed by atoms with Gasteiger partial charge in [0.15, 0.2) is 0 Å². The molecule has 1 aliphatic heterocycles. The number of hydrogen-bond acceptors (Lipinski definition) is 3. The van der Waals surface area contributed by atoms with Crippen molar-refractivity contribution in [3.63, 3.8) is 0 Å². The lowest BCUT2D eigenvalue weighted by Crippen LogP contribution is -2.47. The fourth-order valence-corrected chi connectivity index (χ4v) is 2.71. The van der Waals surface area contributed by atoms with Gasteiger partial charge in [0.25, 0.3) is 0 Å². The third-order valence-corrected chi connectivity index (χ3v) is 4.05. The third-order valence-electron chi connectivity index (χ3n) is 4.05. The molecule has 0 saturated carbocycles. The van der Waals surface area contributed by atoms with Crippen molar-refractivity contribution in [2.45, 2.75) is 12.0 Å². The smallest absolute Gasteiger partial charge is 0.118 e. The van der Waals surface area contributed by atoms with Crippen molar-refractivity contribution in [2.24, 2.45) is 5.73 Å². The van der Waals surface area contributed by atoms with Crippen LogP contribution in [0.1, 0.15) is 16.7 Å². The molecule has 0 bridgehead atoms. The predicted octanol–water partition coefficient (Wildman–Crippen LogP) is 2.47. The normalized spacial score (nSPS) is 16.5. The van der Waals surface area contributed by atoms with Gasteiger partial charge < -0.3 is 15.2 Å². The van der Waals surface area contributed by atoms with Gasteiger partial charge in [-0.15, -0.1) is 0 Å². The minimum absolute atomic E-state index is 0.0442. The van der Waals surface area contributed by atoms with Gasteiger partial charge in [-0.2, -0.15) is 0 Å². The molecule has 0 aliphatic carbocycles. The molecule has 104 valence electrons. The molecule has 0 aromatic heterocycles. The molecule has 3 rings (SSSR count). The Balaban J connectivity index is 2.01. The van der Waals surface area contributed by atoms with Crippen LogP contribution in [0.15, 0.2) is 48.5 Å². The van der Waals surface area contributed by atoms with Crippen LogP contribution < -0.4 is 10.5 Å². The lowest BCUT2D eigenvalue weighted by Gasteiger charge is -2.42. The Kier molecular flexibility index (Phi) is 3.47. The van der Waals surface area contributed by atoms with E-state index < -0.39 is 0 Å². The highest BCUT2D eigenvalue weighted by molar-refractivity contribution is 5.44. The van der Waals surface area contributed by atoms with Crippen molar-refractivity contribution >= 4 is 0 Å². The molecule has 1 aliphatic rings. The molecule has 0 radical (unpaired) electrons. The molecule has 1 saturated heterocycles. The van der Waals surface area contributed by atoms with Gasteiger partial charge in [0.05, 0.1) is 25.7 Å². The summed E-state index contributed by atoms with van der Waals surface area (Å²) < 4.78 is 10.7. The summed E-state index contributed by atoms with van der Waals surface area (Å²) in [5.74, 6) is 0.875. The van der Waals surface area contributed by atoms with Crippen molar-refractivity contribution in [3.05, 3.63) is 65.2 Å². The highest BCUT2D eigenvalue weighted by Gasteiger charge is 2.42. The second-order valence-electron chi connectivity index (χ2n) is 5.21. The van der Waals surface area contributed by atoms with Gasteiger partial charge in [-0.1, -0.05) is 36.4 Å². The van der Waals surface area contributed by atoms with Crippen LogP contribution in [0.5, 0.6) is 5.75 Å². The molecular weight excluding hydrogens is 250 g/mol. The van der Waals surface area contributed by atoms with E-state index in [9.17, 15) is 0 Å². The molecular formula is C17H19NO2. The molecule has 3 nitrogen and oxygen atoms in total. The first-order chi connectivity index (χ1) is 9.78. The summed E-state index contributed by atoms with van der Waals surface area (Å²) in [5.41, 5.74) is 9.40. The van der Waals surface area contributed by atoms with E-state index >= 15 is 0 Å². The van der Waals surface area contributed by atoms with Crippen LogP contribution in [-0.4, -0.2) is 20.3 Å². The van der Waals surface area contributed by atoms with Gasteiger partial charge in [0.2, 0.25) is 0 Å². The number of hydrogen-bond donors (Lipinski definition) is 1. The Bertz CT molecular complexity index is 588. The molecule has 1 heterocycles. The zero-order chi connectivity index (χ0) is 14.0. The van der Waals surface area contributed by atoms with Crippen LogP contribution in [0.3, 0.4) is 0 Å². The summed E-state index contributed by atoms with van der Waals surface area (Å²) in [6.07, 6.45) is 0. The molecule has 1 fully saturated rings. The Morgan fingerprint density at radius 2 is 1.85 bits per heavy atom. The highest BCUT2D eigenvalue weighted by atomic mass is 16.5. The maximum Gasteiger partial charge on any atom is 0.118 e. The van der Waals surface area contributed by atoms with Gasteiger partial charge in [-0.05, 0) is 28.8 Å². The minimum atomic E-state index is -0.0442. The number of ether oxygens (including phenoxy) is 2. The van der Waals surface area contributed by atoms with Crippen molar-refractivity contribution in [3.8, 4) is 5.75 Å². The summed E-state index contributed by atoms with van der Waals surface area (Å²) in [6, 6.07) is 16.7. The van der Waals surface area contributed by atoms with E-state index in [0.29, 0.717) is 19.8 Å². The van der Waals surface area contributed by atoms with E-state index in [2.05, 4.69) is 36.4 Å². The van der Waals surface area contributed by atoms with Gasteiger partial charge in [0.1, 0.15) is 5.75 Å². The molecule has 2 aromatic carbocycles. The standard InChI is InChI=1S/C17H19NO2/c1-19-16-7-5-14(6-8-16)17(11-20-12-17)15-4-2-3-13(9-15)10-18/h2-9H,10-12,18H2,1H3. The third kappa shape index (κ3) is 2.09. The Hall–Kier alpha value is -1.84. The van der Waals surface area contributed by atoms with Crippen LogP contribution in [0, 0.1) is 0 Å². The van der Waals surface area contributed by atoms with Crippen molar-refractivity contribution in [2.75, 3.05) is 20.3 Å². The van der Waals surface area contributed by atoms with Gasteiger partial charge in [0, 0.05) is 6.54 Å². The zero-order valence-electron chi connectivity index (χ0n) is 11.6. The second kappa shape index (κ2) is 5.27.